The summed E-state index contributed by atoms with van der Waals surface area (Å²) in [7, 11) is 0. The molecule has 2 rings (SSSR count). The van der Waals surface area contributed by atoms with Gasteiger partial charge in [-0.2, -0.15) is 0 Å². The molecule has 344 valence electrons. The molecule has 0 aliphatic heterocycles. The number of benzene rings is 2. The van der Waals surface area contributed by atoms with E-state index in [1.54, 1.807) is 44.2 Å². The number of hydrogen-bond acceptors (Lipinski definition) is 12. The number of primary amides is 1. The van der Waals surface area contributed by atoms with E-state index in [0.717, 1.165) is 0 Å². The number of nitrogens with two attached hydrogens (primary N) is 1. The van der Waals surface area contributed by atoms with Crippen molar-refractivity contribution in [1.29, 1.82) is 0 Å². The van der Waals surface area contributed by atoms with Gasteiger partial charge in [-0.1, -0.05) is 56.3 Å². The van der Waals surface area contributed by atoms with Crippen molar-refractivity contribution >= 4 is 59.4 Å². The third kappa shape index (κ3) is 20.2. The average Bonchev–Trinajstić information content (AvgIpc) is 3.22. The van der Waals surface area contributed by atoms with Crippen molar-refractivity contribution in [1.82, 2.24) is 37.2 Å². The molecule has 6 atom stereocenters. The highest BCUT2D eigenvalue weighted by atomic mass is 16.5. The van der Waals surface area contributed by atoms with Crippen molar-refractivity contribution in [3.8, 4) is 5.75 Å². The Bertz CT molecular complexity index is 1930. The molecule has 22 heteroatoms. The van der Waals surface area contributed by atoms with Crippen LogP contribution in [0.2, 0.25) is 0 Å². The van der Waals surface area contributed by atoms with E-state index in [1.807, 2.05) is 0 Å². The minimum absolute atomic E-state index is 0.0281. The summed E-state index contributed by atoms with van der Waals surface area (Å²) in [6, 6.07) is 6.28. The Morgan fingerprint density at radius 2 is 1.11 bits per heavy atom. The van der Waals surface area contributed by atoms with Gasteiger partial charge in [0.1, 0.15) is 48.6 Å². The van der Waals surface area contributed by atoms with E-state index in [4.69, 9.17) is 15.6 Å². The predicted octanol–water partition coefficient (Wildman–Crippen LogP) is -0.929. The summed E-state index contributed by atoms with van der Waals surface area (Å²) in [6.07, 6.45) is -2.88. The maximum Gasteiger partial charge on any atom is 0.408 e. The lowest BCUT2D eigenvalue weighted by Crippen LogP contribution is -2.59. The highest BCUT2D eigenvalue weighted by Crippen LogP contribution is 2.13. The summed E-state index contributed by atoms with van der Waals surface area (Å²) in [6.45, 7) is 5.35. The molecule has 0 radical (unpaired) electrons. The SMILES string of the molecule is CC(C)C[C@H](NC(=O)[C@H](C)NC(=O)[C@H](CCC(=O)O)NC(=O)CNC(=O)[C@H](C)NC(=O)OCc1ccccc1)C(=O)N[C@@H](Cc1ccc(O)cc1)C(=O)N[C@@H](CCC(=O)O)C(N)=O. The van der Waals surface area contributed by atoms with Crippen LogP contribution in [0.5, 0.6) is 5.75 Å². The van der Waals surface area contributed by atoms with Crippen LogP contribution in [0.25, 0.3) is 0 Å². The molecule has 12 N–H and O–H groups in total. The first-order valence-electron chi connectivity index (χ1n) is 19.9. The number of ether oxygens (including phenoxy) is 1. The lowest BCUT2D eigenvalue weighted by Gasteiger charge is -2.27. The van der Waals surface area contributed by atoms with Crippen LogP contribution in [0.1, 0.15) is 70.9 Å². The third-order valence-corrected chi connectivity index (χ3v) is 9.07. The average molecular weight is 885 g/mol. The van der Waals surface area contributed by atoms with Crippen LogP contribution in [0.15, 0.2) is 54.6 Å². The molecular formula is C41H56N8O14. The van der Waals surface area contributed by atoms with Crippen molar-refractivity contribution in [3.05, 3.63) is 65.7 Å². The first-order valence-corrected chi connectivity index (χ1v) is 19.9. The Labute approximate surface area is 362 Å². The van der Waals surface area contributed by atoms with Gasteiger partial charge in [0.25, 0.3) is 0 Å². The fourth-order valence-corrected chi connectivity index (χ4v) is 5.66. The number of amides is 8. The smallest absolute Gasteiger partial charge is 0.408 e. The number of nitrogens with one attached hydrogen (secondary N) is 7. The number of phenolic OH excluding ortho intramolecular Hbond substituents is 1. The second-order valence-electron chi connectivity index (χ2n) is 14.9. The summed E-state index contributed by atoms with van der Waals surface area (Å²) in [4.78, 5) is 126. The lowest BCUT2D eigenvalue weighted by molar-refractivity contribution is -0.139. The van der Waals surface area contributed by atoms with Crippen LogP contribution in [-0.4, -0.2) is 117 Å². The number of carbonyl (C=O) groups excluding carboxylic acids is 8. The summed E-state index contributed by atoms with van der Waals surface area (Å²) < 4.78 is 5.08. The van der Waals surface area contributed by atoms with Crippen LogP contribution in [0.4, 0.5) is 4.79 Å². The van der Waals surface area contributed by atoms with Gasteiger partial charge in [-0.15, -0.1) is 0 Å². The van der Waals surface area contributed by atoms with E-state index in [2.05, 4.69) is 37.2 Å². The van der Waals surface area contributed by atoms with Gasteiger partial charge in [0.2, 0.25) is 41.4 Å². The first kappa shape index (κ1) is 51.9. The normalized spacial score (nSPS) is 13.6. The van der Waals surface area contributed by atoms with Crippen LogP contribution < -0.4 is 43.0 Å². The van der Waals surface area contributed by atoms with Gasteiger partial charge >= 0.3 is 18.0 Å². The molecular weight excluding hydrogens is 828 g/mol. The van der Waals surface area contributed by atoms with E-state index < -0.39 is 121 Å². The van der Waals surface area contributed by atoms with E-state index in [0.29, 0.717) is 11.1 Å². The number of aromatic hydroxyl groups is 1. The number of rotatable bonds is 26. The fraction of sp³-hybridized carbons (Fsp3) is 0.463. The summed E-state index contributed by atoms with van der Waals surface area (Å²) in [5.74, 6) is -9.16. The Balaban J connectivity index is 2.11. The molecule has 0 heterocycles. The zero-order valence-electron chi connectivity index (χ0n) is 35.3. The zero-order chi connectivity index (χ0) is 47.2. The molecule has 0 bridgehead atoms. The summed E-state index contributed by atoms with van der Waals surface area (Å²) >= 11 is 0. The maximum atomic E-state index is 13.8. The number of carboxylic acids is 2. The number of hydrogen-bond donors (Lipinski definition) is 11. The molecule has 63 heavy (non-hydrogen) atoms. The van der Waals surface area contributed by atoms with Gasteiger partial charge in [-0.05, 0) is 62.3 Å². The van der Waals surface area contributed by atoms with Crippen LogP contribution >= 0.6 is 0 Å². The van der Waals surface area contributed by atoms with E-state index in [-0.39, 0.29) is 37.5 Å². The molecule has 2 aromatic rings. The second kappa shape index (κ2) is 26.2. The molecule has 0 fully saturated rings. The monoisotopic (exact) mass is 884 g/mol. The van der Waals surface area contributed by atoms with E-state index in [1.165, 1.54) is 38.1 Å². The van der Waals surface area contributed by atoms with Crippen molar-refractivity contribution in [2.75, 3.05) is 6.54 Å². The Morgan fingerprint density at radius 1 is 0.587 bits per heavy atom. The number of alkyl carbamates (subject to hydrolysis) is 1. The number of carbonyl (C=O) groups is 10. The Morgan fingerprint density at radius 3 is 1.68 bits per heavy atom. The van der Waals surface area contributed by atoms with Gasteiger partial charge < -0.3 is 63.0 Å². The minimum Gasteiger partial charge on any atom is -0.508 e. The highest BCUT2D eigenvalue weighted by Gasteiger charge is 2.32. The van der Waals surface area contributed by atoms with Crippen molar-refractivity contribution in [2.24, 2.45) is 11.7 Å². The highest BCUT2D eigenvalue weighted by molar-refractivity contribution is 5.97. The van der Waals surface area contributed by atoms with E-state index >= 15 is 0 Å². The number of phenols is 1. The largest absolute Gasteiger partial charge is 0.508 e. The summed E-state index contributed by atoms with van der Waals surface area (Å²) in [5.41, 5.74) is 6.56. The number of aliphatic carboxylic acids is 2. The van der Waals surface area contributed by atoms with Gasteiger partial charge in [-0.25, -0.2) is 4.79 Å². The maximum absolute atomic E-state index is 13.8. The van der Waals surface area contributed by atoms with Crippen molar-refractivity contribution in [2.45, 2.75) is 109 Å². The van der Waals surface area contributed by atoms with Gasteiger partial charge in [0.15, 0.2) is 0 Å². The standard InChI is InChI=1S/C41H56N8O14/c1-22(2)18-30(39(60)49-31(19-25-10-12-27(50)13-11-25)40(61)47-28(35(42)56)14-16-33(52)53)48-37(58)24(4)44-38(59)29(15-17-34(54)55)46-32(51)20-43-36(57)23(3)45-41(62)63-21-26-8-6-5-7-9-26/h5-13,22-24,28-31,50H,14-21H2,1-4H3,(H2,42,56)(H,43,57)(H,44,59)(H,45,62)(H,46,51)(H,47,61)(H,48,58)(H,49,60)(H,52,53)(H,54,55)/t23-,24-,28-,29-,30-,31-/m0/s1. The molecule has 0 aromatic heterocycles. The molecule has 0 unspecified atom stereocenters. The quantitative estimate of drug-likeness (QED) is 0.0544. The molecule has 8 amide bonds. The van der Waals surface area contributed by atoms with Crippen LogP contribution in [0.3, 0.4) is 0 Å². The molecule has 0 saturated heterocycles. The first-order chi connectivity index (χ1) is 29.6. The van der Waals surface area contributed by atoms with Crippen molar-refractivity contribution in [3.63, 3.8) is 0 Å². The molecule has 22 nitrogen and oxygen atoms in total. The molecule has 0 aliphatic rings. The topological polar surface area (TPSA) is 351 Å². The third-order valence-electron chi connectivity index (χ3n) is 9.07. The molecule has 0 aliphatic carbocycles. The van der Waals surface area contributed by atoms with Gasteiger partial charge in [0.05, 0.1) is 6.54 Å². The number of carboxylic acid groups (broad SMARTS) is 2. The van der Waals surface area contributed by atoms with E-state index in [9.17, 15) is 58.2 Å². The van der Waals surface area contributed by atoms with Crippen molar-refractivity contribution < 1.29 is 68.0 Å². The van der Waals surface area contributed by atoms with Crippen LogP contribution in [-0.2, 0) is 60.9 Å². The Hall–Kier alpha value is -7.26. The summed E-state index contributed by atoms with van der Waals surface area (Å²) in [5, 5.41) is 44.8. The fourth-order valence-electron chi connectivity index (χ4n) is 5.66. The minimum atomic E-state index is -1.50. The predicted molar refractivity (Wildman–Crippen MR) is 222 cm³/mol. The molecule has 0 saturated carbocycles. The molecule has 2 aromatic carbocycles. The van der Waals surface area contributed by atoms with Gasteiger partial charge in [-0.3, -0.25) is 43.2 Å². The molecule has 0 spiro atoms. The van der Waals surface area contributed by atoms with Crippen LogP contribution in [0, 0.1) is 5.92 Å². The lowest BCUT2D eigenvalue weighted by atomic mass is 10.00. The van der Waals surface area contributed by atoms with Gasteiger partial charge in [0, 0.05) is 19.3 Å². The zero-order valence-corrected chi connectivity index (χ0v) is 35.3. The second-order valence-corrected chi connectivity index (χ2v) is 14.9. The Kier molecular flexibility index (Phi) is 21.5.